The molecule has 0 amide bonds. The number of aliphatic hydroxyl groups is 2. The molecule has 0 bridgehead atoms. The average molecular weight is 372 g/mol. The van der Waals surface area contributed by atoms with Gasteiger partial charge in [0.05, 0.1) is 6.10 Å². The number of hydrogen-bond donors (Lipinski definition) is 3. The van der Waals surface area contributed by atoms with Crippen molar-refractivity contribution in [3.8, 4) is 5.75 Å². The van der Waals surface area contributed by atoms with Gasteiger partial charge in [0.1, 0.15) is 23.5 Å². The highest BCUT2D eigenvalue weighted by Crippen LogP contribution is 2.32. The molecule has 3 rings (SSSR count). The second-order valence-electron chi connectivity index (χ2n) is 7.20. The van der Waals surface area contributed by atoms with Gasteiger partial charge < -0.3 is 20.1 Å². The lowest BCUT2D eigenvalue weighted by molar-refractivity contribution is -0.127. The molecule has 4 atom stereocenters. The van der Waals surface area contributed by atoms with Gasteiger partial charge in [0.25, 0.3) is 0 Å². The highest BCUT2D eigenvalue weighted by Gasteiger charge is 2.31. The molecule has 6 nitrogen and oxygen atoms in total. The third kappa shape index (κ3) is 4.28. The topological polar surface area (TPSA) is 104 Å². The minimum Gasteiger partial charge on any atom is -0.507 e. The summed E-state index contributed by atoms with van der Waals surface area (Å²) >= 11 is 0. The Labute approximate surface area is 157 Å². The molecular formula is C21H24O6. The summed E-state index contributed by atoms with van der Waals surface area (Å²) in [5.74, 6) is -1.48. The maximum atomic E-state index is 12.7. The van der Waals surface area contributed by atoms with E-state index in [1.807, 2.05) is 0 Å². The summed E-state index contributed by atoms with van der Waals surface area (Å²) in [5.41, 5.74) is 1.31. The monoisotopic (exact) mass is 372 g/mol. The van der Waals surface area contributed by atoms with E-state index in [0.717, 1.165) is 18.4 Å². The molecule has 0 unspecified atom stereocenters. The molecule has 1 aromatic rings. The molecule has 1 aromatic carbocycles. The molecule has 1 aliphatic carbocycles. The Morgan fingerprint density at radius 1 is 1.11 bits per heavy atom. The standard InChI is InChI=1S/C21H24O6/c1-12-10-14-5-2-6-15(22)20(25)16(23)9-8-13-4-3-7-18(13)27-21(26)19(14)17(24)11-12/h2,5,8-11,13,15,18,20,22,24-25H,3-4,6-7H2,1H3/b5-2+,9-8-/t13-,15+,18+,20+/m1/s1. The number of ether oxygens (including phenoxy) is 1. The normalized spacial score (nSPS) is 31.4. The van der Waals surface area contributed by atoms with E-state index in [4.69, 9.17) is 4.74 Å². The lowest BCUT2D eigenvalue weighted by atomic mass is 9.99. The van der Waals surface area contributed by atoms with Gasteiger partial charge in [-0.1, -0.05) is 24.3 Å². The zero-order valence-corrected chi connectivity index (χ0v) is 15.2. The average Bonchev–Trinajstić information content (AvgIpc) is 3.04. The van der Waals surface area contributed by atoms with E-state index in [1.165, 1.54) is 12.1 Å². The first kappa shape index (κ1) is 19.3. The Morgan fingerprint density at radius 3 is 2.67 bits per heavy atom. The number of aliphatic hydroxyl groups excluding tert-OH is 2. The molecule has 6 heteroatoms. The number of carbonyl (C=O) groups is 2. The van der Waals surface area contributed by atoms with E-state index in [-0.39, 0.29) is 23.7 Å². The number of phenolic OH excluding ortho intramolecular Hbond substituents is 1. The van der Waals surface area contributed by atoms with Crippen LogP contribution in [-0.4, -0.2) is 45.4 Å². The van der Waals surface area contributed by atoms with Gasteiger partial charge in [0.15, 0.2) is 5.78 Å². The maximum Gasteiger partial charge on any atom is 0.342 e. The van der Waals surface area contributed by atoms with Crippen LogP contribution in [0.15, 0.2) is 30.4 Å². The largest absolute Gasteiger partial charge is 0.507 e. The molecule has 1 aliphatic heterocycles. The zero-order valence-electron chi connectivity index (χ0n) is 15.2. The number of ketones is 1. The van der Waals surface area contributed by atoms with Gasteiger partial charge in [0, 0.05) is 5.92 Å². The fraction of sp³-hybridized carbons (Fsp3) is 0.429. The maximum absolute atomic E-state index is 12.7. The first-order valence-electron chi connectivity index (χ1n) is 9.16. The molecule has 0 saturated heterocycles. The van der Waals surface area contributed by atoms with Crippen LogP contribution in [0, 0.1) is 12.8 Å². The Kier molecular flexibility index (Phi) is 5.77. The van der Waals surface area contributed by atoms with Crippen molar-refractivity contribution < 1.29 is 29.6 Å². The van der Waals surface area contributed by atoms with Crippen LogP contribution in [0.1, 0.15) is 47.2 Å². The summed E-state index contributed by atoms with van der Waals surface area (Å²) in [5, 5.41) is 30.4. The summed E-state index contributed by atoms with van der Waals surface area (Å²) in [6.45, 7) is 1.79. The Hall–Kier alpha value is -2.44. The predicted octanol–water partition coefficient (Wildman–Crippen LogP) is 2.29. The minimum absolute atomic E-state index is 0.0238. The number of esters is 1. The van der Waals surface area contributed by atoms with Gasteiger partial charge in [-0.3, -0.25) is 4.79 Å². The van der Waals surface area contributed by atoms with Crippen LogP contribution < -0.4 is 0 Å². The number of aryl methyl sites for hydroxylation is 1. The third-order valence-corrected chi connectivity index (χ3v) is 5.10. The second-order valence-corrected chi connectivity index (χ2v) is 7.20. The number of carbonyl (C=O) groups excluding carboxylic acids is 2. The van der Waals surface area contributed by atoms with Crippen LogP contribution in [0.3, 0.4) is 0 Å². The summed E-state index contributed by atoms with van der Waals surface area (Å²) in [7, 11) is 0. The number of rotatable bonds is 0. The molecule has 1 fully saturated rings. The van der Waals surface area contributed by atoms with E-state index < -0.39 is 30.1 Å². The Balaban J connectivity index is 2.02. The van der Waals surface area contributed by atoms with Crippen LogP contribution in [0.25, 0.3) is 6.08 Å². The van der Waals surface area contributed by atoms with Crippen LogP contribution in [0.2, 0.25) is 0 Å². The van der Waals surface area contributed by atoms with E-state index in [2.05, 4.69) is 0 Å². The number of phenols is 1. The smallest absolute Gasteiger partial charge is 0.342 e. The van der Waals surface area contributed by atoms with Crippen LogP contribution >= 0.6 is 0 Å². The molecule has 27 heavy (non-hydrogen) atoms. The molecule has 2 aliphatic rings. The molecule has 0 aromatic heterocycles. The van der Waals surface area contributed by atoms with Gasteiger partial charge in [0.2, 0.25) is 0 Å². The highest BCUT2D eigenvalue weighted by atomic mass is 16.5. The van der Waals surface area contributed by atoms with E-state index in [0.29, 0.717) is 12.0 Å². The Morgan fingerprint density at radius 2 is 1.89 bits per heavy atom. The lowest BCUT2D eigenvalue weighted by Gasteiger charge is -2.20. The third-order valence-electron chi connectivity index (χ3n) is 5.10. The number of hydrogen-bond acceptors (Lipinski definition) is 6. The van der Waals surface area contributed by atoms with Gasteiger partial charge >= 0.3 is 5.97 Å². The SMILES string of the molecule is Cc1cc(O)c2c(c1)/C=C/C[C@H](O)[C@H](O)C(=O)/C=C\[C@H]1CCC[C@@H]1OC2=O. The van der Waals surface area contributed by atoms with Gasteiger partial charge in [-0.15, -0.1) is 0 Å². The fourth-order valence-electron chi connectivity index (χ4n) is 3.64. The van der Waals surface area contributed by atoms with Crippen molar-refractivity contribution in [2.75, 3.05) is 0 Å². The van der Waals surface area contributed by atoms with Crippen molar-refractivity contribution in [2.24, 2.45) is 5.92 Å². The van der Waals surface area contributed by atoms with E-state index >= 15 is 0 Å². The minimum atomic E-state index is -1.51. The van der Waals surface area contributed by atoms with Crippen LogP contribution in [0.5, 0.6) is 5.75 Å². The molecular weight excluding hydrogens is 348 g/mol. The van der Waals surface area contributed by atoms with E-state index in [9.17, 15) is 24.9 Å². The highest BCUT2D eigenvalue weighted by molar-refractivity contribution is 5.97. The number of fused-ring (bicyclic) bond motifs is 2. The van der Waals surface area contributed by atoms with Gasteiger partial charge in [-0.25, -0.2) is 4.79 Å². The molecule has 0 radical (unpaired) electrons. The Bertz CT molecular complexity index is 794. The number of benzene rings is 1. The molecule has 3 N–H and O–H groups in total. The van der Waals surface area contributed by atoms with Gasteiger partial charge in [-0.05, 0) is 55.9 Å². The second kappa shape index (κ2) is 8.06. The molecule has 144 valence electrons. The van der Waals surface area contributed by atoms with Crippen molar-refractivity contribution in [1.29, 1.82) is 0 Å². The number of aromatic hydroxyl groups is 1. The lowest BCUT2D eigenvalue weighted by Crippen LogP contribution is -2.32. The van der Waals surface area contributed by atoms with Crippen molar-refractivity contribution in [2.45, 2.75) is 50.9 Å². The van der Waals surface area contributed by atoms with Crippen molar-refractivity contribution in [3.05, 3.63) is 47.1 Å². The summed E-state index contributed by atoms with van der Waals surface area (Å²) in [6.07, 6.45) is 5.16. The molecule has 1 heterocycles. The van der Waals surface area contributed by atoms with Gasteiger partial charge in [-0.2, -0.15) is 0 Å². The predicted molar refractivity (Wildman–Crippen MR) is 99.2 cm³/mol. The van der Waals surface area contributed by atoms with Crippen LogP contribution in [0.4, 0.5) is 0 Å². The fourth-order valence-corrected chi connectivity index (χ4v) is 3.64. The summed E-state index contributed by atoms with van der Waals surface area (Å²) < 4.78 is 5.64. The first-order valence-corrected chi connectivity index (χ1v) is 9.16. The summed E-state index contributed by atoms with van der Waals surface area (Å²) in [4.78, 5) is 24.8. The van der Waals surface area contributed by atoms with Crippen molar-refractivity contribution >= 4 is 17.8 Å². The molecule has 0 spiro atoms. The van der Waals surface area contributed by atoms with Crippen molar-refractivity contribution in [3.63, 3.8) is 0 Å². The first-order chi connectivity index (χ1) is 12.9. The van der Waals surface area contributed by atoms with Crippen molar-refractivity contribution in [1.82, 2.24) is 0 Å². The van der Waals surface area contributed by atoms with E-state index in [1.54, 1.807) is 31.2 Å². The quantitative estimate of drug-likeness (QED) is 0.604. The zero-order chi connectivity index (χ0) is 19.6. The summed E-state index contributed by atoms with van der Waals surface area (Å²) in [6, 6.07) is 3.24. The molecule has 1 saturated carbocycles. The van der Waals surface area contributed by atoms with Crippen LogP contribution in [-0.2, 0) is 9.53 Å².